The van der Waals surface area contributed by atoms with Gasteiger partial charge in [0.1, 0.15) is 0 Å². The molecule has 7 nitrogen and oxygen atoms in total. The fourth-order valence-electron chi connectivity index (χ4n) is 3.07. The van der Waals surface area contributed by atoms with Crippen molar-refractivity contribution in [3.8, 4) is 0 Å². The van der Waals surface area contributed by atoms with Crippen molar-refractivity contribution in [2.75, 3.05) is 20.2 Å². The van der Waals surface area contributed by atoms with Crippen LogP contribution in [-0.2, 0) is 27.3 Å². The number of fused-ring (bicyclic) bond motifs is 1. The number of H-pyrrole nitrogens is 1. The van der Waals surface area contributed by atoms with Gasteiger partial charge in [-0.2, -0.15) is 0 Å². The van der Waals surface area contributed by atoms with E-state index >= 15 is 0 Å². The molecule has 0 saturated carbocycles. The van der Waals surface area contributed by atoms with Gasteiger partial charge in [-0.25, -0.2) is 4.98 Å². The molecule has 114 valence electrons. The van der Waals surface area contributed by atoms with E-state index in [9.17, 15) is 9.59 Å². The van der Waals surface area contributed by atoms with Crippen molar-refractivity contribution in [1.82, 2.24) is 20.2 Å². The molecule has 0 aliphatic carbocycles. The Bertz CT molecular complexity index is 534. The molecular formula is C14H20N4O3. The SMILES string of the molecule is COC(=O)C1CCN(C(=O)C2Cc3nc[nH]c3CN2)CC1. The van der Waals surface area contributed by atoms with Gasteiger partial charge in [-0.3, -0.25) is 14.9 Å². The number of hydrogen-bond acceptors (Lipinski definition) is 5. The molecule has 1 saturated heterocycles. The van der Waals surface area contributed by atoms with Gasteiger partial charge < -0.3 is 14.6 Å². The minimum atomic E-state index is -0.213. The number of methoxy groups -OCH3 is 1. The molecule has 21 heavy (non-hydrogen) atoms. The molecule has 0 radical (unpaired) electrons. The Hall–Kier alpha value is -1.89. The van der Waals surface area contributed by atoms with Gasteiger partial charge in [0, 0.05) is 26.1 Å². The maximum Gasteiger partial charge on any atom is 0.308 e. The van der Waals surface area contributed by atoms with Gasteiger partial charge in [0.05, 0.1) is 36.8 Å². The van der Waals surface area contributed by atoms with Crippen molar-refractivity contribution in [2.45, 2.75) is 31.8 Å². The molecule has 1 aromatic rings. The Morgan fingerprint density at radius 2 is 2.14 bits per heavy atom. The number of imidazole rings is 1. The van der Waals surface area contributed by atoms with Crippen molar-refractivity contribution < 1.29 is 14.3 Å². The Morgan fingerprint density at radius 3 is 2.86 bits per heavy atom. The van der Waals surface area contributed by atoms with Crippen LogP contribution in [0.15, 0.2) is 6.33 Å². The summed E-state index contributed by atoms with van der Waals surface area (Å²) in [4.78, 5) is 33.2. The van der Waals surface area contributed by atoms with E-state index < -0.39 is 0 Å². The van der Waals surface area contributed by atoms with Gasteiger partial charge in [-0.15, -0.1) is 0 Å². The molecule has 0 aromatic carbocycles. The van der Waals surface area contributed by atoms with Crippen LogP contribution in [0.4, 0.5) is 0 Å². The lowest BCUT2D eigenvalue weighted by molar-refractivity contribution is -0.149. The summed E-state index contributed by atoms with van der Waals surface area (Å²) in [5, 5.41) is 3.25. The molecule has 3 rings (SSSR count). The Morgan fingerprint density at radius 1 is 1.38 bits per heavy atom. The minimum Gasteiger partial charge on any atom is -0.469 e. The fourth-order valence-corrected chi connectivity index (χ4v) is 3.07. The van der Waals surface area contributed by atoms with E-state index in [4.69, 9.17) is 4.74 Å². The molecule has 3 heterocycles. The Labute approximate surface area is 123 Å². The number of carbonyl (C=O) groups excluding carboxylic acids is 2. The number of aromatic amines is 1. The molecule has 1 amide bonds. The Balaban J connectivity index is 1.57. The molecule has 1 aromatic heterocycles. The number of esters is 1. The van der Waals surface area contributed by atoms with Crippen molar-refractivity contribution >= 4 is 11.9 Å². The number of ether oxygens (including phenoxy) is 1. The summed E-state index contributed by atoms with van der Waals surface area (Å²) in [6.45, 7) is 1.87. The first kappa shape index (κ1) is 14.1. The Kier molecular flexibility index (Phi) is 3.92. The largest absolute Gasteiger partial charge is 0.469 e. The molecule has 0 bridgehead atoms. The first-order valence-corrected chi connectivity index (χ1v) is 7.30. The van der Waals surface area contributed by atoms with Crippen molar-refractivity contribution in [2.24, 2.45) is 5.92 Å². The highest BCUT2D eigenvalue weighted by molar-refractivity contribution is 5.83. The molecule has 1 atom stereocenters. The number of amides is 1. The molecule has 0 spiro atoms. The topological polar surface area (TPSA) is 87.3 Å². The zero-order chi connectivity index (χ0) is 14.8. The van der Waals surface area contributed by atoms with Gasteiger partial charge >= 0.3 is 5.97 Å². The summed E-state index contributed by atoms with van der Waals surface area (Å²) in [5.41, 5.74) is 2.03. The lowest BCUT2D eigenvalue weighted by Crippen LogP contribution is -2.52. The quantitative estimate of drug-likeness (QED) is 0.739. The molecule has 1 unspecified atom stereocenters. The highest BCUT2D eigenvalue weighted by Crippen LogP contribution is 2.20. The third kappa shape index (κ3) is 2.78. The zero-order valence-corrected chi connectivity index (χ0v) is 12.1. The number of rotatable bonds is 2. The van der Waals surface area contributed by atoms with E-state index in [1.165, 1.54) is 7.11 Å². The number of piperidine rings is 1. The fraction of sp³-hybridized carbons (Fsp3) is 0.643. The predicted octanol–water partition coefficient (Wildman–Crippen LogP) is -0.164. The monoisotopic (exact) mass is 292 g/mol. The highest BCUT2D eigenvalue weighted by atomic mass is 16.5. The van der Waals surface area contributed by atoms with Gasteiger partial charge in [0.25, 0.3) is 0 Å². The van der Waals surface area contributed by atoms with Crippen molar-refractivity contribution in [3.05, 3.63) is 17.7 Å². The number of nitrogens with zero attached hydrogens (tertiary/aromatic N) is 2. The lowest BCUT2D eigenvalue weighted by atomic mass is 9.95. The first-order chi connectivity index (χ1) is 10.2. The van der Waals surface area contributed by atoms with Crippen LogP contribution in [-0.4, -0.2) is 53.0 Å². The van der Waals surface area contributed by atoms with Crippen LogP contribution in [0.3, 0.4) is 0 Å². The van der Waals surface area contributed by atoms with Crippen LogP contribution in [0.25, 0.3) is 0 Å². The summed E-state index contributed by atoms with van der Waals surface area (Å²) in [7, 11) is 1.41. The summed E-state index contributed by atoms with van der Waals surface area (Å²) in [5.74, 6) is -0.137. The van der Waals surface area contributed by atoms with E-state index in [0.29, 0.717) is 38.9 Å². The standard InChI is InChI=1S/C14H20N4O3/c1-21-14(20)9-2-4-18(5-3-9)13(19)11-6-10-12(7-15-11)17-8-16-10/h8-9,11,15H,2-7H2,1H3,(H,16,17). The van der Waals surface area contributed by atoms with Crippen LogP contribution >= 0.6 is 0 Å². The second kappa shape index (κ2) is 5.85. The maximum atomic E-state index is 12.5. The maximum absolute atomic E-state index is 12.5. The van der Waals surface area contributed by atoms with Crippen LogP contribution < -0.4 is 5.32 Å². The van der Waals surface area contributed by atoms with Crippen LogP contribution in [0.1, 0.15) is 24.2 Å². The smallest absolute Gasteiger partial charge is 0.308 e. The van der Waals surface area contributed by atoms with E-state index in [2.05, 4.69) is 15.3 Å². The van der Waals surface area contributed by atoms with Crippen LogP contribution in [0, 0.1) is 5.92 Å². The van der Waals surface area contributed by atoms with E-state index in [0.717, 1.165) is 11.4 Å². The second-order valence-electron chi connectivity index (χ2n) is 5.59. The van der Waals surface area contributed by atoms with Gasteiger partial charge in [-0.1, -0.05) is 0 Å². The third-order valence-corrected chi connectivity index (χ3v) is 4.37. The van der Waals surface area contributed by atoms with Crippen molar-refractivity contribution in [3.63, 3.8) is 0 Å². The summed E-state index contributed by atoms with van der Waals surface area (Å²) >= 11 is 0. The van der Waals surface area contributed by atoms with E-state index in [1.54, 1.807) is 6.33 Å². The van der Waals surface area contributed by atoms with Gasteiger partial charge in [0.2, 0.25) is 5.91 Å². The van der Waals surface area contributed by atoms with E-state index in [1.807, 2.05) is 4.90 Å². The second-order valence-corrected chi connectivity index (χ2v) is 5.59. The minimum absolute atomic E-state index is 0.0729. The van der Waals surface area contributed by atoms with Crippen molar-refractivity contribution in [1.29, 1.82) is 0 Å². The normalized spacial score (nSPS) is 22.7. The molecule has 2 aliphatic heterocycles. The number of likely N-dealkylation sites (tertiary alicyclic amines) is 1. The average Bonchev–Trinajstić information content (AvgIpc) is 3.01. The zero-order valence-electron chi connectivity index (χ0n) is 12.1. The molecule has 1 fully saturated rings. The third-order valence-electron chi connectivity index (χ3n) is 4.37. The molecule has 7 heteroatoms. The lowest BCUT2D eigenvalue weighted by Gasteiger charge is -2.34. The summed E-state index contributed by atoms with van der Waals surface area (Å²) in [6, 6.07) is -0.213. The molecular weight excluding hydrogens is 272 g/mol. The average molecular weight is 292 g/mol. The van der Waals surface area contributed by atoms with Gasteiger partial charge in [-0.05, 0) is 12.8 Å². The predicted molar refractivity (Wildman–Crippen MR) is 74.2 cm³/mol. The summed E-state index contributed by atoms with van der Waals surface area (Å²) < 4.78 is 4.77. The number of hydrogen-bond donors (Lipinski definition) is 2. The summed E-state index contributed by atoms with van der Waals surface area (Å²) in [6.07, 6.45) is 3.65. The van der Waals surface area contributed by atoms with Crippen LogP contribution in [0.2, 0.25) is 0 Å². The number of aromatic nitrogens is 2. The number of nitrogens with one attached hydrogen (secondary N) is 2. The van der Waals surface area contributed by atoms with E-state index in [-0.39, 0.29) is 23.8 Å². The highest BCUT2D eigenvalue weighted by Gasteiger charge is 2.33. The van der Waals surface area contributed by atoms with Crippen LogP contribution in [0.5, 0.6) is 0 Å². The van der Waals surface area contributed by atoms with Gasteiger partial charge in [0.15, 0.2) is 0 Å². The molecule has 2 aliphatic rings. The number of carbonyl (C=O) groups is 2. The molecule has 2 N–H and O–H groups in total. The first-order valence-electron chi connectivity index (χ1n) is 7.30.